The molecule has 0 aliphatic heterocycles. The van der Waals surface area contributed by atoms with Gasteiger partial charge in [-0.3, -0.25) is 0 Å². The van der Waals surface area contributed by atoms with Gasteiger partial charge in [0.25, 0.3) is 0 Å². The quantitative estimate of drug-likeness (QED) is 0.743. The van der Waals surface area contributed by atoms with E-state index in [4.69, 9.17) is 16.5 Å². The molecule has 1 saturated carbocycles. The number of aromatic nitrogens is 4. The van der Waals surface area contributed by atoms with E-state index in [1.807, 2.05) is 12.1 Å². The van der Waals surface area contributed by atoms with Crippen LogP contribution in [0.5, 0.6) is 0 Å². The van der Waals surface area contributed by atoms with E-state index in [2.05, 4.69) is 21.5 Å². The first-order valence-corrected chi connectivity index (χ1v) is 9.47. The largest absolute Gasteiger partial charge is 0.384 e. The van der Waals surface area contributed by atoms with Crippen molar-refractivity contribution in [1.29, 1.82) is 0 Å². The highest BCUT2D eigenvalue weighted by molar-refractivity contribution is 5.77. The van der Waals surface area contributed by atoms with Crippen LogP contribution >= 0.6 is 0 Å². The van der Waals surface area contributed by atoms with Crippen LogP contribution in [0, 0.1) is 12.8 Å². The van der Waals surface area contributed by atoms with E-state index in [0.717, 1.165) is 40.7 Å². The molecule has 0 unspecified atom stereocenters. The van der Waals surface area contributed by atoms with Gasteiger partial charge in [0.15, 0.2) is 5.65 Å². The molecule has 3 aromatic heterocycles. The van der Waals surface area contributed by atoms with Gasteiger partial charge in [-0.1, -0.05) is 32.1 Å². The third kappa shape index (κ3) is 3.36. The van der Waals surface area contributed by atoms with Crippen molar-refractivity contribution in [2.24, 2.45) is 5.92 Å². The molecule has 1 aliphatic carbocycles. The summed E-state index contributed by atoms with van der Waals surface area (Å²) in [4.78, 5) is 13.6. The number of nitrogen functional groups attached to an aromatic ring is 2. The van der Waals surface area contributed by atoms with Crippen LogP contribution in [0.3, 0.4) is 0 Å². The average molecular weight is 350 g/mol. The summed E-state index contributed by atoms with van der Waals surface area (Å²) in [6.07, 6.45) is 8.07. The van der Waals surface area contributed by atoms with E-state index in [9.17, 15) is 0 Å². The number of hydrogen-bond donors (Lipinski definition) is 2. The highest BCUT2D eigenvalue weighted by Gasteiger charge is 2.16. The van der Waals surface area contributed by atoms with Crippen LogP contribution in [0.25, 0.3) is 22.4 Å². The van der Waals surface area contributed by atoms with Crippen LogP contribution in [0.15, 0.2) is 24.3 Å². The molecule has 6 heteroatoms. The monoisotopic (exact) mass is 350 g/mol. The SMILES string of the molecule is Cc1nc2ccc(-c3cc(N)nc(N)c3)nc2n1CCC1CCCCC1. The van der Waals surface area contributed by atoms with Gasteiger partial charge in [-0.15, -0.1) is 0 Å². The second-order valence-electron chi connectivity index (χ2n) is 7.35. The molecule has 0 atom stereocenters. The Morgan fingerprint density at radius 2 is 1.73 bits per heavy atom. The lowest BCUT2D eigenvalue weighted by molar-refractivity contribution is 0.324. The van der Waals surface area contributed by atoms with E-state index in [1.165, 1.54) is 38.5 Å². The second-order valence-corrected chi connectivity index (χ2v) is 7.35. The number of pyridine rings is 2. The fourth-order valence-electron chi connectivity index (χ4n) is 4.05. The molecule has 26 heavy (non-hydrogen) atoms. The van der Waals surface area contributed by atoms with E-state index in [0.29, 0.717) is 11.6 Å². The summed E-state index contributed by atoms with van der Waals surface area (Å²) in [6.45, 7) is 3.04. The molecule has 0 aromatic carbocycles. The van der Waals surface area contributed by atoms with Crippen LogP contribution in [0.1, 0.15) is 44.3 Å². The summed E-state index contributed by atoms with van der Waals surface area (Å²) >= 11 is 0. The Kier molecular flexibility index (Phi) is 4.49. The molecule has 136 valence electrons. The van der Waals surface area contributed by atoms with Gasteiger partial charge in [-0.25, -0.2) is 15.0 Å². The molecule has 6 nitrogen and oxygen atoms in total. The van der Waals surface area contributed by atoms with E-state index >= 15 is 0 Å². The van der Waals surface area contributed by atoms with Gasteiger partial charge >= 0.3 is 0 Å². The summed E-state index contributed by atoms with van der Waals surface area (Å²) in [6, 6.07) is 7.60. The molecular formula is C20H26N6. The minimum atomic E-state index is 0.406. The zero-order valence-electron chi connectivity index (χ0n) is 15.3. The normalized spacial score (nSPS) is 15.6. The minimum absolute atomic E-state index is 0.406. The third-order valence-electron chi connectivity index (χ3n) is 5.43. The van der Waals surface area contributed by atoms with Crippen molar-refractivity contribution in [3.63, 3.8) is 0 Å². The van der Waals surface area contributed by atoms with Gasteiger partial charge in [0, 0.05) is 12.1 Å². The Balaban J connectivity index is 1.65. The van der Waals surface area contributed by atoms with Crippen LogP contribution in [-0.4, -0.2) is 19.5 Å². The molecule has 4 rings (SSSR count). The van der Waals surface area contributed by atoms with Crippen molar-refractivity contribution in [3.05, 3.63) is 30.1 Å². The number of nitrogens with zero attached hydrogens (tertiary/aromatic N) is 4. The zero-order chi connectivity index (χ0) is 18.1. The molecule has 0 bridgehead atoms. The molecule has 0 radical (unpaired) electrons. The standard InChI is InChI=1S/C20H26N6/c1-13-23-17-8-7-16(15-11-18(21)25-19(22)12-15)24-20(17)26(13)10-9-14-5-3-2-4-6-14/h7-8,11-12,14H,2-6,9-10H2,1H3,(H4,21,22,25). The van der Waals surface area contributed by atoms with Crippen LogP contribution in [0.4, 0.5) is 11.6 Å². The van der Waals surface area contributed by atoms with E-state index < -0.39 is 0 Å². The summed E-state index contributed by atoms with van der Waals surface area (Å²) in [7, 11) is 0. The maximum absolute atomic E-state index is 5.84. The fraction of sp³-hybridized carbons (Fsp3) is 0.450. The first-order valence-electron chi connectivity index (χ1n) is 9.47. The number of fused-ring (bicyclic) bond motifs is 1. The molecule has 4 N–H and O–H groups in total. The summed E-state index contributed by atoms with van der Waals surface area (Å²) in [5.41, 5.74) is 15.3. The maximum atomic E-state index is 5.84. The number of hydrogen-bond acceptors (Lipinski definition) is 5. The first kappa shape index (κ1) is 16.8. The second kappa shape index (κ2) is 6.94. The van der Waals surface area contributed by atoms with Crippen molar-refractivity contribution >= 4 is 22.8 Å². The lowest BCUT2D eigenvalue weighted by Gasteiger charge is -2.21. The van der Waals surface area contributed by atoms with Gasteiger partial charge < -0.3 is 16.0 Å². The summed E-state index contributed by atoms with van der Waals surface area (Å²) < 4.78 is 2.25. The molecule has 0 amide bonds. The Morgan fingerprint density at radius 1 is 1.00 bits per heavy atom. The van der Waals surface area contributed by atoms with Crippen molar-refractivity contribution in [1.82, 2.24) is 19.5 Å². The zero-order valence-corrected chi connectivity index (χ0v) is 15.3. The van der Waals surface area contributed by atoms with Gasteiger partial charge in [0.05, 0.1) is 5.69 Å². The lowest BCUT2D eigenvalue weighted by atomic mass is 9.87. The number of imidazole rings is 1. The van der Waals surface area contributed by atoms with Gasteiger partial charge in [-0.05, 0) is 43.5 Å². The van der Waals surface area contributed by atoms with Crippen molar-refractivity contribution in [2.45, 2.75) is 52.0 Å². The Bertz CT molecular complexity index is 903. The Labute approximate surface area is 153 Å². The molecule has 1 aliphatic rings. The minimum Gasteiger partial charge on any atom is -0.384 e. The highest BCUT2D eigenvalue weighted by Crippen LogP contribution is 2.28. The van der Waals surface area contributed by atoms with Gasteiger partial charge in [-0.2, -0.15) is 0 Å². The van der Waals surface area contributed by atoms with Gasteiger partial charge in [0.2, 0.25) is 0 Å². The lowest BCUT2D eigenvalue weighted by Crippen LogP contribution is -2.11. The number of nitrogens with two attached hydrogens (primary N) is 2. The summed E-state index contributed by atoms with van der Waals surface area (Å²) in [5.74, 6) is 2.67. The van der Waals surface area contributed by atoms with Crippen LogP contribution < -0.4 is 11.5 Å². The van der Waals surface area contributed by atoms with Crippen molar-refractivity contribution in [3.8, 4) is 11.3 Å². The molecule has 0 spiro atoms. The molecule has 0 saturated heterocycles. The molecule has 3 heterocycles. The van der Waals surface area contributed by atoms with Crippen LogP contribution in [0.2, 0.25) is 0 Å². The third-order valence-corrected chi connectivity index (χ3v) is 5.43. The predicted octanol–water partition coefficient (Wildman–Crippen LogP) is 3.94. The van der Waals surface area contributed by atoms with Crippen molar-refractivity contribution < 1.29 is 0 Å². The average Bonchev–Trinajstić information content (AvgIpc) is 2.94. The highest BCUT2D eigenvalue weighted by atomic mass is 15.1. The van der Waals surface area contributed by atoms with E-state index in [1.54, 1.807) is 12.1 Å². The predicted molar refractivity (Wildman–Crippen MR) is 106 cm³/mol. The Hall–Kier alpha value is -2.63. The number of aryl methyl sites for hydroxylation is 2. The van der Waals surface area contributed by atoms with Crippen molar-refractivity contribution in [2.75, 3.05) is 11.5 Å². The van der Waals surface area contributed by atoms with E-state index in [-0.39, 0.29) is 0 Å². The molecule has 1 fully saturated rings. The first-order chi connectivity index (χ1) is 12.6. The molecule has 3 aromatic rings. The Morgan fingerprint density at radius 3 is 2.46 bits per heavy atom. The molecular weight excluding hydrogens is 324 g/mol. The number of anilines is 2. The maximum Gasteiger partial charge on any atom is 0.160 e. The number of rotatable bonds is 4. The van der Waals surface area contributed by atoms with Crippen LogP contribution in [-0.2, 0) is 6.54 Å². The fourth-order valence-corrected chi connectivity index (χ4v) is 4.05. The smallest absolute Gasteiger partial charge is 0.160 e. The summed E-state index contributed by atoms with van der Waals surface area (Å²) in [5, 5.41) is 0. The topological polar surface area (TPSA) is 95.6 Å². The van der Waals surface area contributed by atoms with Gasteiger partial charge in [0.1, 0.15) is 23.0 Å².